The number of benzene rings is 2. The van der Waals surface area contributed by atoms with Crippen molar-refractivity contribution in [2.24, 2.45) is 11.8 Å². The standard InChI is InChI=1S/C21H23NO3/c23-12-11-22-14-18(20(24)16-7-3-1-4-8-16)13-19(15-22)21(25)17-9-5-2-6-10-17/h1-10,18-19,23H,11-15H2. The molecule has 1 heterocycles. The van der Waals surface area contributed by atoms with Crippen LogP contribution in [0.25, 0.3) is 0 Å². The zero-order chi connectivity index (χ0) is 17.6. The van der Waals surface area contributed by atoms with Gasteiger partial charge in [-0.1, -0.05) is 60.7 Å². The molecule has 1 fully saturated rings. The molecule has 0 spiro atoms. The SMILES string of the molecule is O=C(c1ccccc1)C1CC(C(=O)c2ccccc2)CN(CCO)C1. The van der Waals surface area contributed by atoms with Crippen LogP contribution in [0.4, 0.5) is 0 Å². The Labute approximate surface area is 148 Å². The Morgan fingerprint density at radius 3 is 1.68 bits per heavy atom. The minimum atomic E-state index is -0.222. The van der Waals surface area contributed by atoms with E-state index in [9.17, 15) is 14.7 Å². The van der Waals surface area contributed by atoms with Crippen molar-refractivity contribution in [1.82, 2.24) is 4.90 Å². The number of nitrogens with zero attached hydrogens (tertiary/aromatic N) is 1. The van der Waals surface area contributed by atoms with Gasteiger partial charge in [0.25, 0.3) is 0 Å². The minimum absolute atomic E-state index is 0.0263. The minimum Gasteiger partial charge on any atom is -0.395 e. The molecule has 0 radical (unpaired) electrons. The maximum atomic E-state index is 12.9. The van der Waals surface area contributed by atoms with Gasteiger partial charge in [0.05, 0.1) is 6.61 Å². The summed E-state index contributed by atoms with van der Waals surface area (Å²) in [5, 5.41) is 9.29. The average molecular weight is 337 g/mol. The topological polar surface area (TPSA) is 57.6 Å². The highest BCUT2D eigenvalue weighted by molar-refractivity contribution is 6.00. The Kier molecular flexibility index (Phi) is 5.74. The van der Waals surface area contributed by atoms with E-state index in [0.29, 0.717) is 37.2 Å². The zero-order valence-corrected chi connectivity index (χ0v) is 14.2. The van der Waals surface area contributed by atoms with Crippen molar-refractivity contribution in [3.63, 3.8) is 0 Å². The molecule has 130 valence electrons. The van der Waals surface area contributed by atoms with E-state index in [1.54, 1.807) is 0 Å². The number of carbonyl (C=O) groups is 2. The largest absolute Gasteiger partial charge is 0.395 e. The van der Waals surface area contributed by atoms with Gasteiger partial charge in [0, 0.05) is 42.6 Å². The van der Waals surface area contributed by atoms with E-state index in [1.807, 2.05) is 65.6 Å². The lowest BCUT2D eigenvalue weighted by molar-refractivity contribution is 0.0612. The van der Waals surface area contributed by atoms with Crippen molar-refractivity contribution in [1.29, 1.82) is 0 Å². The second-order valence-electron chi connectivity index (χ2n) is 6.57. The second kappa shape index (κ2) is 8.19. The van der Waals surface area contributed by atoms with Gasteiger partial charge in [0.15, 0.2) is 11.6 Å². The average Bonchev–Trinajstić information content (AvgIpc) is 2.68. The van der Waals surface area contributed by atoms with Gasteiger partial charge in [-0.05, 0) is 6.42 Å². The van der Waals surface area contributed by atoms with Crippen molar-refractivity contribution < 1.29 is 14.7 Å². The first kappa shape index (κ1) is 17.5. The maximum Gasteiger partial charge on any atom is 0.167 e. The summed E-state index contributed by atoms with van der Waals surface area (Å²) in [6, 6.07) is 18.5. The van der Waals surface area contributed by atoms with Gasteiger partial charge in [0.2, 0.25) is 0 Å². The van der Waals surface area contributed by atoms with Crippen LogP contribution in [0.3, 0.4) is 0 Å². The van der Waals surface area contributed by atoms with Crippen LogP contribution in [0.15, 0.2) is 60.7 Å². The molecule has 2 aromatic rings. The van der Waals surface area contributed by atoms with E-state index < -0.39 is 0 Å². The number of likely N-dealkylation sites (tertiary alicyclic amines) is 1. The Morgan fingerprint density at radius 2 is 1.28 bits per heavy atom. The summed E-state index contributed by atoms with van der Waals surface area (Å²) in [6.45, 7) is 1.69. The Morgan fingerprint density at radius 1 is 0.840 bits per heavy atom. The Balaban J connectivity index is 1.80. The lowest BCUT2D eigenvalue weighted by atomic mass is 9.81. The highest BCUT2D eigenvalue weighted by atomic mass is 16.3. The van der Waals surface area contributed by atoms with Gasteiger partial charge < -0.3 is 5.11 Å². The normalized spacial score (nSPS) is 21.0. The van der Waals surface area contributed by atoms with Crippen molar-refractivity contribution in [3.05, 3.63) is 71.8 Å². The third kappa shape index (κ3) is 4.21. The van der Waals surface area contributed by atoms with Crippen LogP contribution in [0.5, 0.6) is 0 Å². The summed E-state index contributed by atoms with van der Waals surface area (Å²) < 4.78 is 0. The molecule has 1 aliphatic rings. The van der Waals surface area contributed by atoms with Crippen molar-refractivity contribution in [3.8, 4) is 0 Å². The molecule has 0 bridgehead atoms. The third-order valence-electron chi connectivity index (χ3n) is 4.80. The number of aliphatic hydroxyl groups excluding tert-OH is 1. The van der Waals surface area contributed by atoms with Crippen LogP contribution in [0.2, 0.25) is 0 Å². The van der Waals surface area contributed by atoms with Crippen molar-refractivity contribution in [2.75, 3.05) is 26.2 Å². The number of hydrogen-bond acceptors (Lipinski definition) is 4. The molecule has 3 rings (SSSR count). The highest BCUT2D eigenvalue weighted by Crippen LogP contribution is 2.27. The van der Waals surface area contributed by atoms with Gasteiger partial charge in [-0.3, -0.25) is 14.5 Å². The number of rotatable bonds is 6. The van der Waals surface area contributed by atoms with Crippen LogP contribution in [-0.4, -0.2) is 47.8 Å². The maximum absolute atomic E-state index is 12.9. The van der Waals surface area contributed by atoms with Crippen LogP contribution < -0.4 is 0 Å². The van der Waals surface area contributed by atoms with E-state index in [0.717, 1.165) is 0 Å². The molecule has 25 heavy (non-hydrogen) atoms. The Bertz CT molecular complexity index is 655. The summed E-state index contributed by atoms with van der Waals surface area (Å²) in [5.41, 5.74) is 1.37. The van der Waals surface area contributed by atoms with Crippen LogP contribution in [0, 0.1) is 11.8 Å². The van der Waals surface area contributed by atoms with Gasteiger partial charge in [0.1, 0.15) is 0 Å². The number of β-amino-alcohol motifs (C(OH)–C–C–N with tert-alkyl or cyclic N) is 1. The van der Waals surface area contributed by atoms with Gasteiger partial charge >= 0.3 is 0 Å². The van der Waals surface area contributed by atoms with Gasteiger partial charge in [-0.15, -0.1) is 0 Å². The quantitative estimate of drug-likeness (QED) is 0.824. The fraction of sp³-hybridized carbons (Fsp3) is 0.333. The molecule has 4 heteroatoms. The van der Waals surface area contributed by atoms with E-state index >= 15 is 0 Å². The molecule has 4 nitrogen and oxygen atoms in total. The number of piperidine rings is 1. The fourth-order valence-corrected chi connectivity index (χ4v) is 3.57. The molecule has 0 aliphatic carbocycles. The summed E-state index contributed by atoms with van der Waals surface area (Å²) in [4.78, 5) is 27.7. The summed E-state index contributed by atoms with van der Waals surface area (Å²) in [7, 11) is 0. The monoisotopic (exact) mass is 337 g/mol. The van der Waals surface area contributed by atoms with Gasteiger partial charge in [-0.2, -0.15) is 0 Å². The van der Waals surface area contributed by atoms with E-state index in [1.165, 1.54) is 0 Å². The van der Waals surface area contributed by atoms with Crippen LogP contribution >= 0.6 is 0 Å². The predicted octanol–water partition coefficient (Wildman–Crippen LogP) is 2.68. The summed E-state index contributed by atoms with van der Waals surface area (Å²) >= 11 is 0. The van der Waals surface area contributed by atoms with Gasteiger partial charge in [-0.25, -0.2) is 0 Å². The third-order valence-corrected chi connectivity index (χ3v) is 4.80. The molecular formula is C21H23NO3. The number of carbonyl (C=O) groups excluding carboxylic acids is 2. The smallest absolute Gasteiger partial charge is 0.167 e. The first-order valence-electron chi connectivity index (χ1n) is 8.70. The number of hydrogen-bond donors (Lipinski definition) is 1. The molecule has 0 amide bonds. The second-order valence-corrected chi connectivity index (χ2v) is 6.57. The summed E-state index contributed by atoms with van der Waals surface area (Å²) in [6.07, 6.45) is 0.559. The summed E-state index contributed by atoms with van der Waals surface area (Å²) in [5.74, 6) is -0.288. The molecule has 1 aliphatic heterocycles. The molecule has 2 atom stereocenters. The molecule has 0 saturated carbocycles. The van der Waals surface area contributed by atoms with E-state index in [4.69, 9.17) is 0 Å². The molecule has 2 aromatic carbocycles. The highest BCUT2D eigenvalue weighted by Gasteiger charge is 2.35. The number of aliphatic hydroxyl groups is 1. The lowest BCUT2D eigenvalue weighted by Gasteiger charge is -2.36. The van der Waals surface area contributed by atoms with E-state index in [2.05, 4.69) is 0 Å². The van der Waals surface area contributed by atoms with Crippen LogP contribution in [0.1, 0.15) is 27.1 Å². The molecule has 0 aromatic heterocycles. The predicted molar refractivity (Wildman–Crippen MR) is 96.7 cm³/mol. The Hall–Kier alpha value is -2.30. The van der Waals surface area contributed by atoms with Crippen LogP contribution in [-0.2, 0) is 0 Å². The zero-order valence-electron chi connectivity index (χ0n) is 14.2. The van der Waals surface area contributed by atoms with Crippen molar-refractivity contribution in [2.45, 2.75) is 6.42 Å². The number of ketones is 2. The fourth-order valence-electron chi connectivity index (χ4n) is 3.57. The molecule has 1 N–H and O–H groups in total. The first-order valence-corrected chi connectivity index (χ1v) is 8.70. The number of Topliss-reactive ketones (excluding diaryl/α,β-unsaturated/α-hetero) is 2. The molecular weight excluding hydrogens is 314 g/mol. The molecule has 1 saturated heterocycles. The molecule has 2 unspecified atom stereocenters. The lowest BCUT2D eigenvalue weighted by Crippen LogP contribution is -2.46. The van der Waals surface area contributed by atoms with Crippen molar-refractivity contribution >= 4 is 11.6 Å². The van der Waals surface area contributed by atoms with E-state index in [-0.39, 0.29) is 30.0 Å². The first-order chi connectivity index (χ1) is 12.2.